The zero-order chi connectivity index (χ0) is 11.8. The molecule has 1 saturated heterocycles. The number of rotatable bonds is 1. The van der Waals surface area contributed by atoms with E-state index in [1.165, 1.54) is 12.1 Å². The second kappa shape index (κ2) is 3.76. The summed E-state index contributed by atoms with van der Waals surface area (Å²) in [6, 6.07) is 4.55. The number of nitrogens with zero attached hydrogens (tertiary/aromatic N) is 1. The number of hydrazine groups is 2. The van der Waals surface area contributed by atoms with E-state index in [9.17, 15) is 18.0 Å². The van der Waals surface area contributed by atoms with E-state index in [0.29, 0.717) is 0 Å². The van der Waals surface area contributed by atoms with Gasteiger partial charge in [-0.05, 0) is 18.2 Å². The van der Waals surface area contributed by atoms with Crippen LogP contribution < -0.4 is 16.0 Å². The molecule has 16 heavy (non-hydrogen) atoms. The summed E-state index contributed by atoms with van der Waals surface area (Å²) >= 11 is 0. The minimum Gasteiger partial charge on any atom is -0.271 e. The highest BCUT2D eigenvalue weighted by molar-refractivity contribution is 5.95. The van der Waals surface area contributed by atoms with Crippen molar-refractivity contribution in [3.05, 3.63) is 29.8 Å². The van der Waals surface area contributed by atoms with E-state index < -0.39 is 11.7 Å². The van der Waals surface area contributed by atoms with Crippen molar-refractivity contribution in [3.8, 4) is 0 Å². The Hall–Kier alpha value is -1.60. The summed E-state index contributed by atoms with van der Waals surface area (Å²) in [7, 11) is 0. The standard InChI is InChI=1S/C9H8F3N3O/c10-9(11,12)6-2-1-3-7(4-6)15-8(16)5-13-14-15/h1-4,13-14H,5H2. The zero-order valence-corrected chi connectivity index (χ0v) is 8.01. The summed E-state index contributed by atoms with van der Waals surface area (Å²) in [5.74, 6) is -0.334. The molecule has 1 aliphatic heterocycles. The maximum absolute atomic E-state index is 12.4. The van der Waals surface area contributed by atoms with Crippen LogP contribution in [0.4, 0.5) is 18.9 Å². The summed E-state index contributed by atoms with van der Waals surface area (Å²) in [5.41, 5.74) is 4.36. The largest absolute Gasteiger partial charge is 0.416 e. The van der Waals surface area contributed by atoms with E-state index >= 15 is 0 Å². The number of amides is 1. The quantitative estimate of drug-likeness (QED) is 0.759. The number of halogens is 3. The first-order chi connectivity index (χ1) is 7.48. The lowest BCUT2D eigenvalue weighted by molar-refractivity contribution is -0.137. The van der Waals surface area contributed by atoms with Crippen molar-refractivity contribution in [1.29, 1.82) is 0 Å². The molecule has 7 heteroatoms. The molecule has 0 unspecified atom stereocenters. The molecule has 0 atom stereocenters. The van der Waals surface area contributed by atoms with Gasteiger partial charge in [0.2, 0.25) is 0 Å². The highest BCUT2D eigenvalue weighted by Crippen LogP contribution is 2.31. The Morgan fingerprint density at radius 3 is 2.62 bits per heavy atom. The van der Waals surface area contributed by atoms with E-state index in [2.05, 4.69) is 11.0 Å². The van der Waals surface area contributed by atoms with Crippen molar-refractivity contribution in [3.63, 3.8) is 0 Å². The molecule has 4 nitrogen and oxygen atoms in total. The van der Waals surface area contributed by atoms with E-state index in [4.69, 9.17) is 0 Å². The van der Waals surface area contributed by atoms with Gasteiger partial charge in [-0.25, -0.2) is 10.4 Å². The lowest BCUT2D eigenvalue weighted by Crippen LogP contribution is -2.37. The summed E-state index contributed by atoms with van der Waals surface area (Å²) < 4.78 is 37.2. The van der Waals surface area contributed by atoms with Gasteiger partial charge in [0, 0.05) is 0 Å². The van der Waals surface area contributed by atoms with Gasteiger partial charge in [-0.1, -0.05) is 6.07 Å². The molecule has 0 radical (unpaired) electrons. The maximum atomic E-state index is 12.4. The van der Waals surface area contributed by atoms with Crippen LogP contribution in [-0.2, 0) is 11.0 Å². The fourth-order valence-electron chi connectivity index (χ4n) is 1.37. The van der Waals surface area contributed by atoms with Crippen molar-refractivity contribution >= 4 is 11.6 Å². The molecule has 0 saturated carbocycles. The molecule has 0 bridgehead atoms. The monoisotopic (exact) mass is 231 g/mol. The highest BCUT2D eigenvalue weighted by atomic mass is 19.4. The summed E-state index contributed by atoms with van der Waals surface area (Å²) in [6.45, 7) is 0.0518. The third kappa shape index (κ3) is 2.00. The lowest BCUT2D eigenvalue weighted by Gasteiger charge is -2.16. The van der Waals surface area contributed by atoms with Crippen molar-refractivity contribution in [2.24, 2.45) is 0 Å². The number of alkyl halides is 3. The van der Waals surface area contributed by atoms with Crippen molar-refractivity contribution in [1.82, 2.24) is 11.0 Å². The molecule has 2 N–H and O–H groups in total. The van der Waals surface area contributed by atoms with Crippen LogP contribution in [0.3, 0.4) is 0 Å². The van der Waals surface area contributed by atoms with Gasteiger partial charge in [-0.3, -0.25) is 4.79 Å². The lowest BCUT2D eigenvalue weighted by atomic mass is 10.2. The number of carbonyl (C=O) groups is 1. The van der Waals surface area contributed by atoms with Crippen LogP contribution in [0.5, 0.6) is 0 Å². The molecular weight excluding hydrogens is 223 g/mol. The number of hydrogen-bond acceptors (Lipinski definition) is 3. The Bertz CT molecular complexity index is 419. The number of anilines is 1. The van der Waals surface area contributed by atoms with Crippen molar-refractivity contribution < 1.29 is 18.0 Å². The predicted molar refractivity (Wildman–Crippen MR) is 50.1 cm³/mol. The van der Waals surface area contributed by atoms with E-state index in [0.717, 1.165) is 17.1 Å². The van der Waals surface area contributed by atoms with Gasteiger partial charge < -0.3 is 0 Å². The average molecular weight is 231 g/mol. The fraction of sp³-hybridized carbons (Fsp3) is 0.222. The minimum absolute atomic E-state index is 0.0518. The first-order valence-electron chi connectivity index (χ1n) is 4.47. The molecular formula is C9H8F3N3O. The maximum Gasteiger partial charge on any atom is 0.416 e. The summed E-state index contributed by atoms with van der Waals surface area (Å²) in [5, 5.41) is 1.04. The number of benzene rings is 1. The van der Waals surface area contributed by atoms with Gasteiger partial charge >= 0.3 is 6.18 Å². The summed E-state index contributed by atoms with van der Waals surface area (Å²) in [4.78, 5) is 11.3. The molecule has 1 heterocycles. The van der Waals surface area contributed by atoms with Gasteiger partial charge in [0.15, 0.2) is 0 Å². The van der Waals surface area contributed by atoms with E-state index in [-0.39, 0.29) is 18.1 Å². The Morgan fingerprint density at radius 1 is 1.31 bits per heavy atom. The van der Waals surface area contributed by atoms with Crippen LogP contribution in [0.1, 0.15) is 5.56 Å². The molecule has 1 fully saturated rings. The number of hydrogen-bond donors (Lipinski definition) is 2. The molecule has 0 aliphatic carbocycles. The van der Waals surface area contributed by atoms with Crippen LogP contribution in [-0.4, -0.2) is 12.5 Å². The van der Waals surface area contributed by atoms with Crippen LogP contribution >= 0.6 is 0 Å². The van der Waals surface area contributed by atoms with Crippen LogP contribution in [0.15, 0.2) is 24.3 Å². The van der Waals surface area contributed by atoms with E-state index in [1.807, 2.05) is 0 Å². The third-order valence-corrected chi connectivity index (χ3v) is 2.11. The molecule has 0 spiro atoms. The van der Waals surface area contributed by atoms with Crippen LogP contribution in [0.25, 0.3) is 0 Å². The summed E-state index contributed by atoms with van der Waals surface area (Å²) in [6.07, 6.45) is -4.41. The van der Waals surface area contributed by atoms with Gasteiger partial charge in [0.05, 0.1) is 17.8 Å². The third-order valence-electron chi connectivity index (χ3n) is 2.11. The minimum atomic E-state index is -4.41. The zero-order valence-electron chi connectivity index (χ0n) is 8.01. The molecule has 86 valence electrons. The fourth-order valence-corrected chi connectivity index (χ4v) is 1.37. The Morgan fingerprint density at radius 2 is 2.06 bits per heavy atom. The first kappa shape index (κ1) is 10.9. The first-order valence-corrected chi connectivity index (χ1v) is 4.47. The molecule has 1 aliphatic rings. The van der Waals surface area contributed by atoms with Gasteiger partial charge in [-0.2, -0.15) is 18.7 Å². The van der Waals surface area contributed by atoms with Gasteiger partial charge in [0.25, 0.3) is 5.91 Å². The number of nitrogens with one attached hydrogen (secondary N) is 2. The Kier molecular flexibility index (Phi) is 2.56. The Labute approximate surface area is 89.0 Å². The second-order valence-electron chi connectivity index (χ2n) is 3.24. The van der Waals surface area contributed by atoms with Gasteiger partial charge in [0.1, 0.15) is 0 Å². The average Bonchev–Trinajstić information content (AvgIpc) is 2.63. The topological polar surface area (TPSA) is 44.4 Å². The van der Waals surface area contributed by atoms with Crippen molar-refractivity contribution in [2.75, 3.05) is 11.6 Å². The molecule has 1 amide bonds. The smallest absolute Gasteiger partial charge is 0.271 e. The van der Waals surface area contributed by atoms with Crippen LogP contribution in [0, 0.1) is 0 Å². The highest BCUT2D eigenvalue weighted by Gasteiger charge is 2.31. The normalized spacial score (nSPS) is 16.9. The van der Waals surface area contributed by atoms with E-state index in [1.54, 1.807) is 0 Å². The second-order valence-corrected chi connectivity index (χ2v) is 3.24. The molecule has 1 aromatic rings. The molecule has 1 aromatic carbocycles. The van der Waals surface area contributed by atoms with Gasteiger partial charge in [-0.15, -0.1) is 0 Å². The molecule has 2 rings (SSSR count). The van der Waals surface area contributed by atoms with Crippen molar-refractivity contribution in [2.45, 2.75) is 6.18 Å². The SMILES string of the molecule is O=C1CNNN1c1cccc(C(F)(F)F)c1. The predicted octanol–water partition coefficient (Wildman–Crippen LogP) is 1.06. The Balaban J connectivity index is 2.32. The molecule has 0 aromatic heterocycles. The van der Waals surface area contributed by atoms with Crippen LogP contribution in [0.2, 0.25) is 0 Å². The number of carbonyl (C=O) groups excluding carboxylic acids is 1.